The lowest BCUT2D eigenvalue weighted by Crippen LogP contribution is -2.01. The lowest BCUT2D eigenvalue weighted by molar-refractivity contribution is -0.384. The van der Waals surface area contributed by atoms with Gasteiger partial charge < -0.3 is 9.47 Å². The highest BCUT2D eigenvalue weighted by atomic mass is 16.6. The lowest BCUT2D eigenvalue weighted by atomic mass is 10.2. The van der Waals surface area contributed by atoms with Crippen LogP contribution in [0.15, 0.2) is 35.4 Å². The summed E-state index contributed by atoms with van der Waals surface area (Å²) in [4.78, 5) is 14.5. The fourth-order valence-electron chi connectivity index (χ4n) is 1.96. The van der Waals surface area contributed by atoms with Crippen LogP contribution in [0.2, 0.25) is 0 Å². The van der Waals surface area contributed by atoms with E-state index in [1.54, 1.807) is 31.2 Å². The van der Waals surface area contributed by atoms with Crippen molar-refractivity contribution in [2.75, 3.05) is 19.6 Å². The van der Waals surface area contributed by atoms with Gasteiger partial charge in [-0.1, -0.05) is 6.07 Å². The highest BCUT2D eigenvalue weighted by Gasteiger charge is 2.14. The second-order valence-electron chi connectivity index (χ2n) is 4.53. The highest BCUT2D eigenvalue weighted by Crippen LogP contribution is 2.29. The lowest BCUT2D eigenvalue weighted by Gasteiger charge is -2.09. The third-order valence-corrected chi connectivity index (χ3v) is 3.02. The first kappa shape index (κ1) is 16.2. The molecule has 1 aromatic carbocycles. The van der Waals surface area contributed by atoms with E-state index in [0.717, 1.165) is 0 Å². The monoisotopic (exact) mass is 316 g/mol. The van der Waals surface area contributed by atoms with Crippen LogP contribution in [0.5, 0.6) is 11.5 Å². The summed E-state index contributed by atoms with van der Waals surface area (Å²) in [5.41, 5.74) is 3.75. The van der Waals surface area contributed by atoms with Crippen LogP contribution in [0.4, 0.5) is 11.5 Å². The van der Waals surface area contributed by atoms with Crippen LogP contribution in [0.25, 0.3) is 0 Å². The number of aryl methyl sites for hydroxylation is 1. The quantitative estimate of drug-likeness (QED) is 0.500. The van der Waals surface area contributed by atoms with Gasteiger partial charge in [-0.2, -0.15) is 5.10 Å². The first-order valence-corrected chi connectivity index (χ1v) is 6.69. The van der Waals surface area contributed by atoms with Crippen molar-refractivity contribution in [3.63, 3.8) is 0 Å². The molecule has 1 N–H and O–H groups in total. The number of nitrogens with zero attached hydrogens (tertiary/aromatic N) is 3. The van der Waals surface area contributed by atoms with Crippen molar-refractivity contribution in [2.24, 2.45) is 5.10 Å². The molecule has 2 aromatic rings. The standard InChI is InChI=1S/C15H16N4O4/c1-10-7-8-12(19(20)21)15(17-10)18-16-9-11-5-4-6-13(22-2)14(11)23-3/h4-9H,1-3H3,(H,17,18)/b16-9-. The molecular weight excluding hydrogens is 300 g/mol. The van der Waals surface area contributed by atoms with Crippen molar-refractivity contribution in [3.05, 3.63) is 51.7 Å². The molecule has 0 amide bonds. The zero-order valence-electron chi connectivity index (χ0n) is 12.9. The molecule has 0 unspecified atom stereocenters. The third-order valence-electron chi connectivity index (χ3n) is 3.02. The topological polar surface area (TPSA) is 98.9 Å². The Morgan fingerprint density at radius 3 is 2.70 bits per heavy atom. The van der Waals surface area contributed by atoms with E-state index in [2.05, 4.69) is 15.5 Å². The summed E-state index contributed by atoms with van der Waals surface area (Å²) in [6.07, 6.45) is 1.48. The number of nitrogens with one attached hydrogen (secondary N) is 1. The molecule has 1 aromatic heterocycles. The van der Waals surface area contributed by atoms with E-state index in [1.807, 2.05) is 0 Å². The second-order valence-corrected chi connectivity index (χ2v) is 4.53. The molecule has 8 nitrogen and oxygen atoms in total. The maximum atomic E-state index is 11.0. The van der Waals surface area contributed by atoms with Gasteiger partial charge in [-0.25, -0.2) is 4.98 Å². The van der Waals surface area contributed by atoms with Crippen LogP contribution >= 0.6 is 0 Å². The Labute approximate surface area is 132 Å². The minimum Gasteiger partial charge on any atom is -0.493 e. The van der Waals surface area contributed by atoms with Gasteiger partial charge in [-0.3, -0.25) is 15.5 Å². The summed E-state index contributed by atoms with van der Waals surface area (Å²) in [6, 6.07) is 8.28. The first-order valence-electron chi connectivity index (χ1n) is 6.69. The normalized spacial score (nSPS) is 10.6. The molecule has 0 fully saturated rings. The fourth-order valence-corrected chi connectivity index (χ4v) is 1.96. The van der Waals surface area contributed by atoms with Crippen molar-refractivity contribution < 1.29 is 14.4 Å². The van der Waals surface area contributed by atoms with Crippen LogP contribution in [0, 0.1) is 17.0 Å². The van der Waals surface area contributed by atoms with E-state index in [4.69, 9.17) is 9.47 Å². The summed E-state index contributed by atoms with van der Waals surface area (Å²) >= 11 is 0. The smallest absolute Gasteiger partial charge is 0.313 e. The van der Waals surface area contributed by atoms with Crippen molar-refractivity contribution in [1.82, 2.24) is 4.98 Å². The molecule has 0 aliphatic heterocycles. The number of rotatable bonds is 6. The average molecular weight is 316 g/mol. The molecule has 2 rings (SSSR count). The number of pyridine rings is 1. The van der Waals surface area contributed by atoms with E-state index < -0.39 is 4.92 Å². The summed E-state index contributed by atoms with van der Waals surface area (Å²) in [5, 5.41) is 15.0. The molecule has 0 spiro atoms. The molecule has 120 valence electrons. The molecule has 8 heteroatoms. The zero-order valence-corrected chi connectivity index (χ0v) is 12.9. The van der Waals surface area contributed by atoms with Crippen LogP contribution in [-0.2, 0) is 0 Å². The zero-order chi connectivity index (χ0) is 16.8. The Hall–Kier alpha value is -3.16. The molecule has 0 aliphatic carbocycles. The van der Waals surface area contributed by atoms with Gasteiger partial charge in [0.25, 0.3) is 0 Å². The highest BCUT2D eigenvalue weighted by molar-refractivity contribution is 5.85. The van der Waals surface area contributed by atoms with Crippen molar-refractivity contribution in [2.45, 2.75) is 6.92 Å². The summed E-state index contributed by atoms with van der Waals surface area (Å²) in [6.45, 7) is 1.74. The number of nitro groups is 1. The van der Waals surface area contributed by atoms with Crippen LogP contribution in [-0.4, -0.2) is 30.3 Å². The Balaban J connectivity index is 2.26. The molecule has 0 bridgehead atoms. The Kier molecular flexibility index (Phi) is 5.08. The van der Waals surface area contributed by atoms with Crippen LogP contribution in [0.3, 0.4) is 0 Å². The number of ether oxygens (including phenoxy) is 2. The second kappa shape index (κ2) is 7.21. The Bertz CT molecular complexity index is 746. The number of hydrogen-bond acceptors (Lipinski definition) is 7. The minimum atomic E-state index is -0.517. The summed E-state index contributed by atoms with van der Waals surface area (Å²) in [5.74, 6) is 1.16. The summed E-state index contributed by atoms with van der Waals surface area (Å²) < 4.78 is 10.5. The minimum absolute atomic E-state index is 0.0770. The average Bonchev–Trinajstić information content (AvgIpc) is 2.54. The van der Waals surface area contributed by atoms with Gasteiger partial charge in [0, 0.05) is 17.3 Å². The van der Waals surface area contributed by atoms with E-state index in [0.29, 0.717) is 22.8 Å². The molecule has 0 saturated carbocycles. The maximum Gasteiger partial charge on any atom is 0.313 e. The van der Waals surface area contributed by atoms with E-state index in [9.17, 15) is 10.1 Å². The van der Waals surface area contributed by atoms with Crippen LogP contribution in [0.1, 0.15) is 11.3 Å². The van der Waals surface area contributed by atoms with Gasteiger partial charge in [0.15, 0.2) is 11.5 Å². The summed E-state index contributed by atoms with van der Waals surface area (Å²) in [7, 11) is 3.06. The largest absolute Gasteiger partial charge is 0.493 e. The number of methoxy groups -OCH3 is 2. The van der Waals surface area contributed by atoms with Crippen LogP contribution < -0.4 is 14.9 Å². The Morgan fingerprint density at radius 1 is 1.26 bits per heavy atom. The molecule has 0 saturated heterocycles. The number of para-hydroxylation sites is 1. The predicted octanol–water partition coefficient (Wildman–Crippen LogP) is 2.76. The predicted molar refractivity (Wildman–Crippen MR) is 86.4 cm³/mol. The molecule has 0 radical (unpaired) electrons. The van der Waals surface area contributed by atoms with E-state index >= 15 is 0 Å². The van der Waals surface area contributed by atoms with Crippen molar-refractivity contribution >= 4 is 17.7 Å². The number of benzene rings is 1. The van der Waals surface area contributed by atoms with Crippen molar-refractivity contribution in [1.29, 1.82) is 0 Å². The number of anilines is 1. The van der Waals surface area contributed by atoms with Gasteiger partial charge in [0.2, 0.25) is 5.82 Å². The van der Waals surface area contributed by atoms with Gasteiger partial charge in [0.1, 0.15) is 0 Å². The molecule has 1 heterocycles. The van der Waals surface area contributed by atoms with Gasteiger partial charge >= 0.3 is 5.69 Å². The Morgan fingerprint density at radius 2 is 2.04 bits per heavy atom. The SMILES string of the molecule is COc1cccc(/C=N\Nc2nc(C)ccc2[N+](=O)[O-])c1OC. The van der Waals surface area contributed by atoms with Gasteiger partial charge in [-0.05, 0) is 25.1 Å². The first-order chi connectivity index (χ1) is 11.1. The maximum absolute atomic E-state index is 11.0. The van der Waals surface area contributed by atoms with Gasteiger partial charge in [0.05, 0.1) is 25.4 Å². The molecule has 0 atom stereocenters. The van der Waals surface area contributed by atoms with E-state index in [1.165, 1.54) is 26.5 Å². The number of hydrazone groups is 1. The van der Waals surface area contributed by atoms with Gasteiger partial charge in [-0.15, -0.1) is 0 Å². The number of aromatic nitrogens is 1. The van der Waals surface area contributed by atoms with Crippen molar-refractivity contribution in [3.8, 4) is 11.5 Å². The fraction of sp³-hybridized carbons (Fsp3) is 0.200. The number of hydrogen-bond donors (Lipinski definition) is 1. The third kappa shape index (κ3) is 3.73. The molecule has 23 heavy (non-hydrogen) atoms. The molecular formula is C15H16N4O4. The molecule has 0 aliphatic rings. The van der Waals surface area contributed by atoms with E-state index in [-0.39, 0.29) is 11.5 Å².